The number of hydrogen-bond acceptors (Lipinski definition) is 0. The highest BCUT2D eigenvalue weighted by molar-refractivity contribution is 5.98. The highest BCUT2D eigenvalue weighted by Gasteiger charge is 2.34. The van der Waals surface area contributed by atoms with E-state index in [1.165, 1.54) is 12.1 Å². The predicted molar refractivity (Wildman–Crippen MR) is 125 cm³/mol. The highest BCUT2D eigenvalue weighted by atomic mass is 19.3. The van der Waals surface area contributed by atoms with Gasteiger partial charge in [0.15, 0.2) is 17.5 Å². The number of unbranched alkanes of at least 4 members (excludes halogenated alkanes) is 1. The summed E-state index contributed by atoms with van der Waals surface area (Å²) in [6.07, 6.45) is 0.641. The largest absolute Gasteiger partial charge is 0.273 e. The van der Waals surface area contributed by atoms with Crippen LogP contribution in [0.2, 0.25) is 0 Å². The first-order valence-electron chi connectivity index (χ1n) is 11.0. The lowest BCUT2D eigenvalue weighted by atomic mass is 9.87. The van der Waals surface area contributed by atoms with Gasteiger partial charge in [0, 0.05) is 23.1 Å². The Kier molecular flexibility index (Phi) is 6.70. The molecule has 34 heavy (non-hydrogen) atoms. The lowest BCUT2D eigenvalue weighted by Crippen LogP contribution is -2.15. The molecule has 0 atom stereocenters. The van der Waals surface area contributed by atoms with Gasteiger partial charge < -0.3 is 0 Å². The number of halogens is 5. The van der Waals surface area contributed by atoms with Gasteiger partial charge in [-0.3, -0.25) is 0 Å². The normalized spacial score (nSPS) is 11.4. The average Bonchev–Trinajstić information content (AvgIpc) is 2.85. The van der Waals surface area contributed by atoms with E-state index in [1.807, 2.05) is 37.3 Å². The molecule has 4 rings (SSSR count). The number of hydrogen-bond donors (Lipinski definition) is 0. The summed E-state index contributed by atoms with van der Waals surface area (Å²) in [6, 6.07) is 19.1. The predicted octanol–water partition coefficient (Wildman–Crippen LogP) is 8.61. The molecule has 0 fully saturated rings. The van der Waals surface area contributed by atoms with Gasteiger partial charge in [-0.1, -0.05) is 79.8 Å². The molecule has 0 saturated heterocycles. The molecule has 0 aliphatic rings. The second kappa shape index (κ2) is 9.69. The quantitative estimate of drug-likeness (QED) is 0.158. The van der Waals surface area contributed by atoms with Crippen LogP contribution in [-0.2, 0) is 5.92 Å². The summed E-state index contributed by atoms with van der Waals surface area (Å²) in [5.74, 6) is -2.24. The number of benzene rings is 4. The zero-order valence-electron chi connectivity index (χ0n) is 18.4. The molecule has 0 unspecified atom stereocenters. The van der Waals surface area contributed by atoms with E-state index in [1.54, 1.807) is 18.2 Å². The zero-order chi connectivity index (χ0) is 24.3. The van der Waals surface area contributed by atoms with E-state index in [-0.39, 0.29) is 28.7 Å². The first-order chi connectivity index (χ1) is 16.3. The van der Waals surface area contributed by atoms with Crippen molar-refractivity contribution in [3.8, 4) is 23.0 Å². The summed E-state index contributed by atoms with van der Waals surface area (Å²) >= 11 is 0. The molecule has 5 heteroatoms. The molecule has 0 aliphatic heterocycles. The van der Waals surface area contributed by atoms with Gasteiger partial charge in [0.05, 0.1) is 5.56 Å². The van der Waals surface area contributed by atoms with Crippen molar-refractivity contribution in [1.29, 1.82) is 0 Å². The summed E-state index contributed by atoms with van der Waals surface area (Å²) in [7, 11) is 0. The standard InChI is InChI=1S/C29H21F5/c1-2-3-18-29(33,34)24-13-7-10-20(14-15-21-16-17-25(30)28(32)27(21)31)26(24)23-12-6-9-19-8-4-5-11-22(19)23/h4-13,16-17H,2-3,18H2,1H3. The minimum Gasteiger partial charge on any atom is -0.204 e. The Bertz CT molecular complexity index is 1400. The lowest BCUT2D eigenvalue weighted by molar-refractivity contribution is -0.0148. The van der Waals surface area contributed by atoms with Crippen molar-refractivity contribution in [2.45, 2.75) is 32.1 Å². The van der Waals surface area contributed by atoms with Gasteiger partial charge in [-0.25, -0.2) is 22.0 Å². The van der Waals surface area contributed by atoms with Crippen LogP contribution in [0.15, 0.2) is 72.8 Å². The molecule has 4 aromatic rings. The first-order valence-corrected chi connectivity index (χ1v) is 11.0. The molecule has 0 bridgehead atoms. The van der Waals surface area contributed by atoms with Gasteiger partial charge in [0.25, 0.3) is 5.92 Å². The number of rotatable bonds is 5. The fourth-order valence-electron chi connectivity index (χ4n) is 3.99. The Hall–Kier alpha value is -3.65. The van der Waals surface area contributed by atoms with Crippen LogP contribution in [0.1, 0.15) is 42.9 Å². The van der Waals surface area contributed by atoms with Crippen molar-refractivity contribution >= 4 is 10.8 Å². The third kappa shape index (κ3) is 4.54. The molecule has 172 valence electrons. The van der Waals surface area contributed by atoms with Crippen molar-refractivity contribution in [3.63, 3.8) is 0 Å². The maximum absolute atomic E-state index is 15.4. The second-order valence-electron chi connectivity index (χ2n) is 8.04. The second-order valence-corrected chi connectivity index (χ2v) is 8.04. The summed E-state index contributed by atoms with van der Waals surface area (Å²) in [5, 5.41) is 1.64. The van der Waals surface area contributed by atoms with Crippen molar-refractivity contribution in [2.24, 2.45) is 0 Å². The Labute approximate surface area is 195 Å². The third-order valence-corrected chi connectivity index (χ3v) is 5.73. The van der Waals surface area contributed by atoms with Crippen molar-refractivity contribution in [2.75, 3.05) is 0 Å². The third-order valence-electron chi connectivity index (χ3n) is 5.73. The van der Waals surface area contributed by atoms with Gasteiger partial charge in [0.2, 0.25) is 0 Å². The molecule has 0 N–H and O–H groups in total. The van der Waals surface area contributed by atoms with Crippen molar-refractivity contribution in [1.82, 2.24) is 0 Å². The minimum atomic E-state index is -3.12. The Morgan fingerprint density at radius 2 is 1.44 bits per heavy atom. The average molecular weight is 464 g/mol. The molecule has 0 spiro atoms. The summed E-state index contributed by atoms with van der Waals surface area (Å²) < 4.78 is 71.9. The van der Waals surface area contributed by atoms with Gasteiger partial charge in [-0.15, -0.1) is 0 Å². The van der Waals surface area contributed by atoms with Gasteiger partial charge in [-0.2, -0.15) is 0 Å². The molecule has 0 nitrogen and oxygen atoms in total. The Morgan fingerprint density at radius 1 is 0.735 bits per heavy atom. The molecule has 4 aromatic carbocycles. The Morgan fingerprint density at radius 3 is 2.24 bits per heavy atom. The molecular weight excluding hydrogens is 443 g/mol. The van der Waals surface area contributed by atoms with Crippen molar-refractivity contribution < 1.29 is 22.0 Å². The van der Waals surface area contributed by atoms with E-state index in [9.17, 15) is 13.2 Å². The van der Waals surface area contributed by atoms with E-state index in [2.05, 4.69) is 11.8 Å². The molecule has 0 amide bonds. The van der Waals surface area contributed by atoms with E-state index < -0.39 is 23.4 Å². The summed E-state index contributed by atoms with van der Waals surface area (Å²) in [4.78, 5) is 0. The van der Waals surface area contributed by atoms with Crippen LogP contribution in [0.5, 0.6) is 0 Å². The van der Waals surface area contributed by atoms with Crippen LogP contribution in [0.25, 0.3) is 21.9 Å². The first kappa shape index (κ1) is 23.5. The Balaban J connectivity index is 1.98. The van der Waals surface area contributed by atoms with E-state index in [0.717, 1.165) is 22.9 Å². The highest BCUT2D eigenvalue weighted by Crippen LogP contribution is 2.43. The van der Waals surface area contributed by atoms with Crippen LogP contribution in [0, 0.1) is 29.3 Å². The molecule has 0 aromatic heterocycles. The summed E-state index contributed by atoms with van der Waals surface area (Å²) in [6.45, 7) is 1.85. The molecule has 0 saturated carbocycles. The van der Waals surface area contributed by atoms with E-state index in [0.29, 0.717) is 18.4 Å². The fraction of sp³-hybridized carbons (Fsp3) is 0.172. The van der Waals surface area contributed by atoms with Crippen LogP contribution in [0.3, 0.4) is 0 Å². The van der Waals surface area contributed by atoms with Gasteiger partial charge in [-0.05, 0) is 41.0 Å². The summed E-state index contributed by atoms with van der Waals surface area (Å²) in [5.41, 5.74) is 0.533. The molecule has 0 aliphatic carbocycles. The SMILES string of the molecule is CCCCC(F)(F)c1cccc(C#Cc2ccc(F)c(F)c2F)c1-c1cccc2ccccc12. The van der Waals surface area contributed by atoms with Crippen LogP contribution >= 0.6 is 0 Å². The van der Waals surface area contributed by atoms with Crippen LogP contribution in [-0.4, -0.2) is 0 Å². The molecule has 0 heterocycles. The lowest BCUT2D eigenvalue weighted by Gasteiger charge is -2.22. The van der Waals surface area contributed by atoms with Gasteiger partial charge in [0.1, 0.15) is 0 Å². The van der Waals surface area contributed by atoms with E-state index in [4.69, 9.17) is 0 Å². The smallest absolute Gasteiger partial charge is 0.204 e. The number of fused-ring (bicyclic) bond motifs is 1. The van der Waals surface area contributed by atoms with Gasteiger partial charge >= 0.3 is 0 Å². The minimum absolute atomic E-state index is 0.171. The molecule has 0 radical (unpaired) electrons. The topological polar surface area (TPSA) is 0 Å². The van der Waals surface area contributed by atoms with Crippen molar-refractivity contribution in [3.05, 3.63) is 107 Å². The molecular formula is C29H21F5. The maximum Gasteiger partial charge on any atom is 0.273 e. The maximum atomic E-state index is 15.4. The zero-order valence-corrected chi connectivity index (χ0v) is 18.4. The monoisotopic (exact) mass is 464 g/mol. The number of alkyl halides is 2. The van der Waals surface area contributed by atoms with Crippen LogP contribution in [0.4, 0.5) is 22.0 Å². The fourth-order valence-corrected chi connectivity index (χ4v) is 3.99. The van der Waals surface area contributed by atoms with E-state index >= 15 is 8.78 Å². The van der Waals surface area contributed by atoms with Crippen LogP contribution < -0.4 is 0 Å².